The topological polar surface area (TPSA) is 12.0 Å². The van der Waals surface area contributed by atoms with Crippen LogP contribution in [0, 0.1) is 15.9 Å². The molecule has 13 heavy (non-hydrogen) atoms. The van der Waals surface area contributed by atoms with Crippen molar-refractivity contribution in [2.24, 2.45) is 0 Å². The van der Waals surface area contributed by atoms with Gasteiger partial charge in [-0.1, -0.05) is 21.9 Å². The Bertz CT molecular complexity index is 343. The van der Waals surface area contributed by atoms with Gasteiger partial charge in [0.05, 0.1) is 6.04 Å². The molecular weight excluding hydrogens is 341 g/mol. The van der Waals surface area contributed by atoms with Gasteiger partial charge in [-0.25, -0.2) is 0 Å². The van der Waals surface area contributed by atoms with Crippen LogP contribution in [0.25, 0.3) is 0 Å². The van der Waals surface area contributed by atoms with E-state index in [0.29, 0.717) is 0 Å². The maximum Gasteiger partial charge on any atom is 0.0952 e. The number of halogens is 2. The summed E-state index contributed by atoms with van der Waals surface area (Å²) in [7, 11) is 1.86. The highest BCUT2D eigenvalue weighted by molar-refractivity contribution is 14.1. The van der Waals surface area contributed by atoms with Gasteiger partial charge in [-0.2, -0.15) is 0 Å². The number of hydrogen-bond acceptors (Lipinski definition) is 1. The first kappa shape index (κ1) is 11.0. The van der Waals surface area contributed by atoms with Crippen LogP contribution in [0.4, 0.5) is 0 Å². The van der Waals surface area contributed by atoms with Gasteiger partial charge < -0.3 is 5.32 Å². The van der Waals surface area contributed by atoms with Gasteiger partial charge in [-0.15, -0.1) is 6.42 Å². The second-order valence-corrected chi connectivity index (χ2v) is 4.65. The van der Waals surface area contributed by atoms with E-state index >= 15 is 0 Å². The average Bonchev–Trinajstić information content (AvgIpc) is 2.13. The fourth-order valence-electron chi connectivity index (χ4n) is 1.06. The molecule has 0 saturated heterocycles. The molecule has 1 unspecified atom stereocenters. The van der Waals surface area contributed by atoms with Crippen LogP contribution in [-0.2, 0) is 0 Å². The molecule has 1 nitrogen and oxygen atoms in total. The first-order valence-electron chi connectivity index (χ1n) is 3.77. The van der Waals surface area contributed by atoms with E-state index in [-0.39, 0.29) is 6.04 Å². The molecule has 0 aliphatic heterocycles. The summed E-state index contributed by atoms with van der Waals surface area (Å²) in [6.07, 6.45) is 5.40. The molecule has 3 heteroatoms. The maximum atomic E-state index is 5.40. The van der Waals surface area contributed by atoms with Crippen molar-refractivity contribution in [3.8, 4) is 12.3 Å². The number of hydrogen-bond donors (Lipinski definition) is 1. The summed E-state index contributed by atoms with van der Waals surface area (Å²) in [6.45, 7) is 0. The molecule has 0 bridgehead atoms. The Kier molecular flexibility index (Phi) is 4.23. The molecule has 1 N–H and O–H groups in total. The van der Waals surface area contributed by atoms with Crippen LogP contribution >= 0.6 is 38.5 Å². The minimum absolute atomic E-state index is 0.0240. The molecule has 0 fully saturated rings. The second kappa shape index (κ2) is 4.99. The van der Waals surface area contributed by atoms with Crippen molar-refractivity contribution >= 4 is 38.5 Å². The Morgan fingerprint density at radius 2 is 2.31 bits per heavy atom. The van der Waals surface area contributed by atoms with Crippen LogP contribution in [0.3, 0.4) is 0 Å². The zero-order valence-corrected chi connectivity index (χ0v) is 10.9. The summed E-state index contributed by atoms with van der Waals surface area (Å²) in [5, 5.41) is 3.07. The fourth-order valence-corrected chi connectivity index (χ4v) is 2.06. The van der Waals surface area contributed by atoms with Crippen LogP contribution in [-0.4, -0.2) is 7.05 Å². The minimum Gasteiger partial charge on any atom is -0.303 e. The SMILES string of the molecule is C#CC(NC)c1cc(I)ccc1Br. The van der Waals surface area contributed by atoms with E-state index in [0.717, 1.165) is 10.0 Å². The van der Waals surface area contributed by atoms with Gasteiger partial charge in [0.1, 0.15) is 0 Å². The Labute approximate surface area is 101 Å². The minimum atomic E-state index is -0.0240. The van der Waals surface area contributed by atoms with Crippen LogP contribution in [0.15, 0.2) is 22.7 Å². The lowest BCUT2D eigenvalue weighted by molar-refractivity contribution is 0.733. The molecule has 0 spiro atoms. The van der Waals surface area contributed by atoms with E-state index < -0.39 is 0 Å². The van der Waals surface area contributed by atoms with Crippen molar-refractivity contribution in [1.29, 1.82) is 0 Å². The average molecular weight is 350 g/mol. The number of benzene rings is 1. The van der Waals surface area contributed by atoms with Gasteiger partial charge in [-0.3, -0.25) is 0 Å². The van der Waals surface area contributed by atoms with Crippen LogP contribution in [0.1, 0.15) is 11.6 Å². The normalized spacial score (nSPS) is 12.2. The highest BCUT2D eigenvalue weighted by Crippen LogP contribution is 2.24. The molecule has 1 aromatic carbocycles. The van der Waals surface area contributed by atoms with Crippen molar-refractivity contribution in [3.63, 3.8) is 0 Å². The smallest absolute Gasteiger partial charge is 0.0952 e. The molecule has 0 heterocycles. The van der Waals surface area contributed by atoms with Gasteiger partial charge in [0.15, 0.2) is 0 Å². The molecule has 0 aliphatic rings. The summed E-state index contributed by atoms with van der Waals surface area (Å²) in [5.74, 6) is 2.69. The van der Waals surface area contributed by atoms with Crippen LogP contribution < -0.4 is 5.32 Å². The first-order chi connectivity index (χ1) is 6.19. The lowest BCUT2D eigenvalue weighted by Crippen LogP contribution is -2.14. The lowest BCUT2D eigenvalue weighted by Gasteiger charge is -2.11. The summed E-state index contributed by atoms with van der Waals surface area (Å²) < 4.78 is 2.23. The van der Waals surface area contributed by atoms with Crippen molar-refractivity contribution in [2.45, 2.75) is 6.04 Å². The number of terminal acetylenes is 1. The van der Waals surface area contributed by atoms with Crippen LogP contribution in [0.5, 0.6) is 0 Å². The van der Waals surface area contributed by atoms with Crippen molar-refractivity contribution in [3.05, 3.63) is 31.8 Å². The van der Waals surface area contributed by atoms with E-state index in [4.69, 9.17) is 6.42 Å². The van der Waals surface area contributed by atoms with E-state index in [1.165, 1.54) is 3.57 Å². The third-order valence-corrected chi connectivity index (χ3v) is 3.12. The van der Waals surface area contributed by atoms with E-state index in [2.05, 4.69) is 55.8 Å². The second-order valence-electron chi connectivity index (χ2n) is 2.55. The Balaban J connectivity index is 3.13. The van der Waals surface area contributed by atoms with E-state index in [1.807, 2.05) is 19.2 Å². The lowest BCUT2D eigenvalue weighted by atomic mass is 10.1. The predicted octanol–water partition coefficient (Wildman–Crippen LogP) is 2.95. The predicted molar refractivity (Wildman–Crippen MR) is 67.5 cm³/mol. The highest BCUT2D eigenvalue weighted by Gasteiger charge is 2.09. The third-order valence-electron chi connectivity index (χ3n) is 1.72. The van der Waals surface area contributed by atoms with Gasteiger partial charge >= 0.3 is 0 Å². The van der Waals surface area contributed by atoms with E-state index in [1.54, 1.807) is 0 Å². The number of rotatable bonds is 2. The van der Waals surface area contributed by atoms with Gasteiger partial charge in [0.25, 0.3) is 0 Å². The molecule has 0 saturated carbocycles. The molecule has 0 aliphatic carbocycles. The van der Waals surface area contributed by atoms with Crippen LogP contribution in [0.2, 0.25) is 0 Å². The molecule has 0 amide bonds. The monoisotopic (exact) mass is 349 g/mol. The quantitative estimate of drug-likeness (QED) is 0.639. The summed E-state index contributed by atoms with van der Waals surface area (Å²) in [4.78, 5) is 0. The first-order valence-corrected chi connectivity index (χ1v) is 5.64. The molecular formula is C10H9BrIN. The summed E-state index contributed by atoms with van der Waals surface area (Å²) in [6, 6.07) is 6.10. The molecule has 0 aromatic heterocycles. The number of nitrogens with one attached hydrogen (secondary N) is 1. The molecule has 0 radical (unpaired) electrons. The molecule has 1 atom stereocenters. The zero-order chi connectivity index (χ0) is 9.84. The van der Waals surface area contributed by atoms with Crippen molar-refractivity contribution in [1.82, 2.24) is 5.32 Å². The molecule has 1 rings (SSSR count). The van der Waals surface area contributed by atoms with Crippen molar-refractivity contribution < 1.29 is 0 Å². The van der Waals surface area contributed by atoms with Crippen molar-refractivity contribution in [2.75, 3.05) is 7.05 Å². The Hall–Kier alpha value is -0.0500. The van der Waals surface area contributed by atoms with Gasteiger partial charge in [0.2, 0.25) is 0 Å². The Morgan fingerprint density at radius 3 is 2.85 bits per heavy atom. The Morgan fingerprint density at radius 1 is 1.62 bits per heavy atom. The standard InChI is InChI=1S/C10H9BrIN/c1-3-10(13-2)8-6-7(12)4-5-9(8)11/h1,4-6,10,13H,2H3. The summed E-state index contributed by atoms with van der Waals surface area (Å²) >= 11 is 5.74. The maximum absolute atomic E-state index is 5.40. The summed E-state index contributed by atoms with van der Waals surface area (Å²) in [5.41, 5.74) is 1.11. The van der Waals surface area contributed by atoms with E-state index in [9.17, 15) is 0 Å². The molecule has 68 valence electrons. The third kappa shape index (κ3) is 2.70. The van der Waals surface area contributed by atoms with Gasteiger partial charge in [-0.05, 0) is 53.4 Å². The fraction of sp³-hybridized carbons (Fsp3) is 0.200. The highest BCUT2D eigenvalue weighted by atomic mass is 127. The molecule has 1 aromatic rings. The largest absolute Gasteiger partial charge is 0.303 e. The zero-order valence-electron chi connectivity index (χ0n) is 7.14. The van der Waals surface area contributed by atoms with Gasteiger partial charge in [0, 0.05) is 8.04 Å².